The van der Waals surface area contributed by atoms with Crippen molar-refractivity contribution in [1.29, 1.82) is 0 Å². The second kappa shape index (κ2) is 9.19. The summed E-state index contributed by atoms with van der Waals surface area (Å²) >= 11 is 0. The zero-order valence-corrected chi connectivity index (χ0v) is 16.8. The van der Waals surface area contributed by atoms with E-state index in [1.807, 2.05) is 14.2 Å². The molecule has 0 heterocycles. The van der Waals surface area contributed by atoms with Gasteiger partial charge in [-0.05, 0) is 74.6 Å². The fourth-order valence-corrected chi connectivity index (χ4v) is 8.46. The first-order valence-corrected chi connectivity index (χ1v) is 11.6. The molecule has 0 bridgehead atoms. The van der Waals surface area contributed by atoms with Gasteiger partial charge in [0.25, 0.3) is 0 Å². The van der Waals surface area contributed by atoms with Crippen molar-refractivity contribution < 1.29 is 8.85 Å². The standard InChI is InChI=1S/C20H36O2Si/c1-5-7-11-17-13-9-15-19(17)23(21-3,22-4)20-16-10-14-18(20)12-8-6-2/h5-16H2,1-4H3. The van der Waals surface area contributed by atoms with Crippen LogP contribution in [0.5, 0.6) is 0 Å². The van der Waals surface area contributed by atoms with Gasteiger partial charge in [-0.1, -0.05) is 37.8 Å². The average molecular weight is 337 g/mol. The van der Waals surface area contributed by atoms with Gasteiger partial charge < -0.3 is 8.85 Å². The van der Waals surface area contributed by atoms with E-state index in [1.54, 1.807) is 21.5 Å². The van der Waals surface area contributed by atoms with E-state index >= 15 is 0 Å². The van der Waals surface area contributed by atoms with E-state index in [0.717, 1.165) is 0 Å². The maximum atomic E-state index is 6.28. The van der Waals surface area contributed by atoms with Gasteiger partial charge in [0.2, 0.25) is 0 Å². The van der Waals surface area contributed by atoms with Crippen LogP contribution in [0.1, 0.15) is 90.9 Å². The quantitative estimate of drug-likeness (QED) is 0.446. The molecule has 0 saturated carbocycles. The van der Waals surface area contributed by atoms with E-state index in [-0.39, 0.29) is 0 Å². The van der Waals surface area contributed by atoms with Crippen LogP contribution >= 0.6 is 0 Å². The highest BCUT2D eigenvalue weighted by Crippen LogP contribution is 2.44. The number of hydrogen-bond donors (Lipinski definition) is 0. The fourth-order valence-electron chi connectivity index (χ4n) is 4.50. The van der Waals surface area contributed by atoms with E-state index in [0.29, 0.717) is 0 Å². The van der Waals surface area contributed by atoms with E-state index in [2.05, 4.69) is 13.8 Å². The summed E-state index contributed by atoms with van der Waals surface area (Å²) in [6.45, 7) is 4.57. The van der Waals surface area contributed by atoms with Gasteiger partial charge in [0.1, 0.15) is 0 Å². The topological polar surface area (TPSA) is 18.5 Å². The fraction of sp³-hybridized carbons (Fsp3) is 0.800. The minimum atomic E-state index is -2.34. The molecule has 2 rings (SSSR count). The zero-order chi connectivity index (χ0) is 16.7. The van der Waals surface area contributed by atoms with Gasteiger partial charge in [0, 0.05) is 14.2 Å². The number of rotatable bonds is 10. The van der Waals surface area contributed by atoms with Crippen molar-refractivity contribution in [3.05, 3.63) is 21.5 Å². The van der Waals surface area contributed by atoms with Gasteiger partial charge in [0.15, 0.2) is 0 Å². The molecular formula is C20H36O2Si. The predicted octanol–water partition coefficient (Wildman–Crippen LogP) is 6.14. The Bertz CT molecular complexity index is 409. The molecular weight excluding hydrogens is 300 g/mol. The van der Waals surface area contributed by atoms with Crippen LogP contribution in [0.3, 0.4) is 0 Å². The molecule has 0 aromatic heterocycles. The third-order valence-corrected chi connectivity index (χ3v) is 9.64. The summed E-state index contributed by atoms with van der Waals surface area (Å²) in [6.07, 6.45) is 15.2. The molecule has 0 spiro atoms. The predicted molar refractivity (Wildman–Crippen MR) is 101 cm³/mol. The van der Waals surface area contributed by atoms with E-state index in [1.165, 1.54) is 77.0 Å². The van der Waals surface area contributed by atoms with Crippen LogP contribution < -0.4 is 0 Å². The summed E-state index contributed by atoms with van der Waals surface area (Å²) in [5.41, 5.74) is 3.35. The molecule has 2 aliphatic carbocycles. The smallest absolute Gasteiger partial charge is 0.391 e. The molecule has 0 amide bonds. The van der Waals surface area contributed by atoms with E-state index in [9.17, 15) is 0 Å². The van der Waals surface area contributed by atoms with Gasteiger partial charge in [-0.25, -0.2) is 0 Å². The maximum absolute atomic E-state index is 6.28. The van der Waals surface area contributed by atoms with Crippen LogP contribution in [-0.4, -0.2) is 22.8 Å². The number of unbranched alkanes of at least 4 members (excludes halogenated alkanes) is 2. The molecule has 0 radical (unpaired) electrons. The van der Waals surface area contributed by atoms with Crippen molar-refractivity contribution in [2.24, 2.45) is 0 Å². The molecule has 0 unspecified atom stereocenters. The Morgan fingerprint density at radius 3 is 1.52 bits per heavy atom. The molecule has 0 aromatic rings. The van der Waals surface area contributed by atoms with Gasteiger partial charge in [-0.2, -0.15) is 0 Å². The summed E-state index contributed by atoms with van der Waals surface area (Å²) in [6, 6.07) is 0. The summed E-state index contributed by atoms with van der Waals surface area (Å²) < 4.78 is 12.6. The Morgan fingerprint density at radius 1 is 0.739 bits per heavy atom. The summed E-state index contributed by atoms with van der Waals surface area (Å²) in [5, 5.41) is 3.20. The highest BCUT2D eigenvalue weighted by Gasteiger charge is 2.48. The molecule has 0 fully saturated rings. The van der Waals surface area contributed by atoms with E-state index < -0.39 is 8.56 Å². The maximum Gasteiger partial charge on any atom is 0.398 e. The molecule has 0 N–H and O–H groups in total. The third-order valence-electron chi connectivity index (χ3n) is 5.70. The molecule has 3 heteroatoms. The third kappa shape index (κ3) is 4.00. The molecule has 23 heavy (non-hydrogen) atoms. The average Bonchev–Trinajstić information content (AvgIpc) is 3.23. The van der Waals surface area contributed by atoms with Gasteiger partial charge >= 0.3 is 8.56 Å². The summed E-state index contributed by atoms with van der Waals surface area (Å²) in [4.78, 5) is 0. The van der Waals surface area contributed by atoms with Crippen LogP contribution in [0.15, 0.2) is 21.5 Å². The Balaban J connectivity index is 2.38. The van der Waals surface area contributed by atoms with Crippen molar-refractivity contribution in [1.82, 2.24) is 0 Å². The number of hydrogen-bond acceptors (Lipinski definition) is 2. The monoisotopic (exact) mass is 336 g/mol. The second-order valence-electron chi connectivity index (χ2n) is 7.10. The second-order valence-corrected chi connectivity index (χ2v) is 10.4. The number of allylic oxidation sites excluding steroid dienone is 4. The molecule has 0 aromatic carbocycles. The lowest BCUT2D eigenvalue weighted by molar-refractivity contribution is 0.259. The Kier molecular flexibility index (Phi) is 7.57. The molecule has 2 nitrogen and oxygen atoms in total. The minimum Gasteiger partial charge on any atom is -0.391 e. The highest BCUT2D eigenvalue weighted by atomic mass is 28.4. The molecule has 2 aliphatic rings. The van der Waals surface area contributed by atoms with Crippen LogP contribution in [0, 0.1) is 0 Å². The van der Waals surface area contributed by atoms with Crippen LogP contribution in [0.25, 0.3) is 0 Å². The largest absolute Gasteiger partial charge is 0.398 e. The molecule has 0 atom stereocenters. The molecule has 0 saturated heterocycles. The highest BCUT2D eigenvalue weighted by molar-refractivity contribution is 6.82. The van der Waals surface area contributed by atoms with Crippen molar-refractivity contribution in [2.45, 2.75) is 90.9 Å². The Morgan fingerprint density at radius 2 is 1.17 bits per heavy atom. The van der Waals surface area contributed by atoms with Gasteiger partial charge in [-0.15, -0.1) is 0 Å². The first-order valence-electron chi connectivity index (χ1n) is 9.76. The first-order chi connectivity index (χ1) is 11.2. The van der Waals surface area contributed by atoms with Crippen LogP contribution in [-0.2, 0) is 8.85 Å². The lowest BCUT2D eigenvalue weighted by Crippen LogP contribution is -2.45. The Labute approximate surface area is 144 Å². The zero-order valence-electron chi connectivity index (χ0n) is 15.8. The van der Waals surface area contributed by atoms with Crippen molar-refractivity contribution in [2.75, 3.05) is 14.2 Å². The summed E-state index contributed by atoms with van der Waals surface area (Å²) in [7, 11) is 1.46. The van der Waals surface area contributed by atoms with Gasteiger partial charge in [-0.3, -0.25) is 0 Å². The van der Waals surface area contributed by atoms with Crippen LogP contribution in [0.4, 0.5) is 0 Å². The van der Waals surface area contributed by atoms with Gasteiger partial charge in [0.05, 0.1) is 0 Å². The first kappa shape index (κ1) is 18.9. The lowest BCUT2D eigenvalue weighted by Gasteiger charge is -2.32. The van der Waals surface area contributed by atoms with Crippen molar-refractivity contribution >= 4 is 8.56 Å². The summed E-state index contributed by atoms with van der Waals surface area (Å²) in [5.74, 6) is 0. The van der Waals surface area contributed by atoms with Crippen molar-refractivity contribution in [3.8, 4) is 0 Å². The molecule has 132 valence electrons. The Hall–Kier alpha value is -0.383. The normalized spacial score (nSPS) is 19.3. The minimum absolute atomic E-state index is 1.21. The van der Waals surface area contributed by atoms with E-state index in [4.69, 9.17) is 8.85 Å². The van der Waals surface area contributed by atoms with Crippen LogP contribution in [0.2, 0.25) is 0 Å². The lowest BCUT2D eigenvalue weighted by atomic mass is 10.1. The SMILES string of the molecule is CCCCC1=C([Si](OC)(OC)C2=C(CCCC)CCC2)CCC1. The molecule has 0 aliphatic heterocycles. The van der Waals surface area contributed by atoms with Crippen molar-refractivity contribution in [3.63, 3.8) is 0 Å².